The van der Waals surface area contributed by atoms with E-state index in [1.165, 1.54) is 12.2 Å². The topological polar surface area (TPSA) is 116 Å². The lowest BCUT2D eigenvalue weighted by atomic mass is 9.97. The smallest absolute Gasteiger partial charge is 0.415 e. The van der Waals surface area contributed by atoms with Crippen LogP contribution in [0.4, 0.5) is 37.8 Å². The molecule has 3 heterocycles. The van der Waals surface area contributed by atoms with E-state index in [9.17, 15) is 36.5 Å². The Hall–Kier alpha value is -4.01. The van der Waals surface area contributed by atoms with E-state index in [1.54, 1.807) is 30.3 Å². The van der Waals surface area contributed by atoms with E-state index in [-0.39, 0.29) is 24.8 Å². The highest BCUT2D eigenvalue weighted by Gasteiger charge is 2.61. The van der Waals surface area contributed by atoms with Crippen molar-refractivity contribution in [3.63, 3.8) is 0 Å². The van der Waals surface area contributed by atoms with E-state index in [4.69, 9.17) is 9.15 Å². The van der Waals surface area contributed by atoms with Gasteiger partial charge in [-0.1, -0.05) is 42.5 Å². The lowest BCUT2D eigenvalue weighted by molar-refractivity contribution is -0.384. The van der Waals surface area contributed by atoms with Crippen molar-refractivity contribution in [2.75, 3.05) is 5.32 Å². The molecule has 9 nitrogen and oxygen atoms in total. The molecule has 1 unspecified atom stereocenters. The fourth-order valence-corrected chi connectivity index (χ4v) is 4.66. The highest BCUT2D eigenvalue weighted by Crippen LogP contribution is 2.47. The highest BCUT2D eigenvalue weighted by molar-refractivity contribution is 5.68. The zero-order valence-corrected chi connectivity index (χ0v) is 21.2. The number of pyridine rings is 1. The summed E-state index contributed by atoms with van der Waals surface area (Å²) in [6, 6.07) is 7.80. The summed E-state index contributed by atoms with van der Waals surface area (Å²) in [7, 11) is 0. The first-order valence-corrected chi connectivity index (χ1v) is 12.7. The Labute approximate surface area is 228 Å². The summed E-state index contributed by atoms with van der Waals surface area (Å²) in [5.74, 6) is -2.63. The van der Waals surface area contributed by atoms with Crippen LogP contribution in [0.2, 0.25) is 0 Å². The van der Waals surface area contributed by atoms with Crippen LogP contribution >= 0.6 is 0 Å². The molecule has 0 spiro atoms. The molecular formula is C26H23F6N5O4. The molecule has 1 fully saturated rings. The number of nitro groups is 1. The van der Waals surface area contributed by atoms with Gasteiger partial charge in [0.2, 0.25) is 11.3 Å². The normalized spacial score (nSPS) is 21.7. The first kappa shape index (κ1) is 28.5. The minimum absolute atomic E-state index is 0.0105. The van der Waals surface area contributed by atoms with Crippen LogP contribution in [0.1, 0.15) is 49.1 Å². The van der Waals surface area contributed by atoms with Crippen LogP contribution in [0.5, 0.6) is 0 Å². The predicted octanol–water partition coefficient (Wildman–Crippen LogP) is 6.96. The molecule has 2 atom stereocenters. The summed E-state index contributed by atoms with van der Waals surface area (Å²) in [5, 5.41) is 21.6. The Balaban J connectivity index is 1.68. The van der Waals surface area contributed by atoms with Gasteiger partial charge in [-0.05, 0) is 37.2 Å². The van der Waals surface area contributed by atoms with Crippen LogP contribution in [-0.2, 0) is 23.1 Å². The van der Waals surface area contributed by atoms with Crippen LogP contribution in [0, 0.1) is 16.0 Å². The van der Waals surface area contributed by atoms with Crippen molar-refractivity contribution in [1.29, 1.82) is 0 Å². The second kappa shape index (κ2) is 10.8. The molecule has 0 radical (unpaired) electrons. The Bertz CT molecular complexity index is 1440. The lowest BCUT2D eigenvalue weighted by Gasteiger charge is -2.31. The molecule has 1 N–H and O–H groups in total. The maximum Gasteiger partial charge on any atom is 0.426 e. The first-order valence-electron chi connectivity index (χ1n) is 12.7. The summed E-state index contributed by atoms with van der Waals surface area (Å²) >= 11 is 0. The van der Waals surface area contributed by atoms with Crippen LogP contribution in [-0.4, -0.2) is 32.3 Å². The van der Waals surface area contributed by atoms with Gasteiger partial charge < -0.3 is 14.5 Å². The van der Waals surface area contributed by atoms with Crippen LogP contribution in [0.3, 0.4) is 0 Å². The van der Waals surface area contributed by atoms with Gasteiger partial charge in [-0.3, -0.25) is 10.1 Å². The Morgan fingerprint density at radius 1 is 1.07 bits per heavy atom. The minimum Gasteiger partial charge on any atom is -0.415 e. The molecule has 1 saturated carbocycles. The largest absolute Gasteiger partial charge is 0.426 e. The van der Waals surface area contributed by atoms with E-state index in [2.05, 4.69) is 20.5 Å². The molecule has 0 amide bonds. The Morgan fingerprint density at radius 2 is 1.80 bits per heavy atom. The van der Waals surface area contributed by atoms with Crippen molar-refractivity contribution < 1.29 is 40.4 Å². The Kier molecular flexibility index (Phi) is 7.48. The average Bonchev–Trinajstić information content (AvgIpc) is 3.64. The SMILES string of the molecule is O=[N+]([O-])c1cc(C(F)(F)F)c2nc1-c1nnc(o1)[C@@](OCc1ccccc1)(C(F)(F)F)CC=CCCC(C1CC1)N2. The molecule has 0 saturated heterocycles. The number of fused-ring (bicyclic) bond motifs is 5. The van der Waals surface area contributed by atoms with Crippen molar-refractivity contribution in [3.8, 4) is 11.6 Å². The van der Waals surface area contributed by atoms with Gasteiger partial charge in [-0.2, -0.15) is 26.3 Å². The molecule has 5 rings (SSSR count). The van der Waals surface area contributed by atoms with Gasteiger partial charge in [0.25, 0.3) is 11.8 Å². The summed E-state index contributed by atoms with van der Waals surface area (Å²) in [5.41, 5.74) is -6.09. The van der Waals surface area contributed by atoms with Gasteiger partial charge in [-0.15, -0.1) is 10.2 Å². The van der Waals surface area contributed by atoms with Crippen molar-refractivity contribution >= 4 is 11.5 Å². The van der Waals surface area contributed by atoms with E-state index in [0.29, 0.717) is 5.56 Å². The number of ether oxygens (including phenoxy) is 1. The predicted molar refractivity (Wildman–Crippen MR) is 131 cm³/mol. The van der Waals surface area contributed by atoms with Gasteiger partial charge in [0.15, 0.2) is 0 Å². The summed E-state index contributed by atoms with van der Waals surface area (Å²) in [6.07, 6.45) is -6.15. The van der Waals surface area contributed by atoms with Gasteiger partial charge in [0.1, 0.15) is 11.4 Å². The number of rotatable bonds is 5. The molecule has 1 aliphatic heterocycles. The van der Waals surface area contributed by atoms with Crippen molar-refractivity contribution in [3.05, 3.63) is 75.7 Å². The minimum atomic E-state index is -5.10. The summed E-state index contributed by atoms with van der Waals surface area (Å²) < 4.78 is 97.0. The second-order valence-electron chi connectivity index (χ2n) is 9.86. The standard InChI is InChI=1S/C26H23F6N5O4/c27-25(28,29)17-13-19(37(38)39)20-22-35-36-23(41-22)24(26(30,31)32,40-14-15-7-3-1-4-8-15)12-6-2-5-9-18(16-10-11-16)33-21(17)34-20/h1-4,6-8,13,16,18H,5,9-12,14H2,(H,33,34)/t18?,24-/m1/s1. The van der Waals surface area contributed by atoms with E-state index in [1.807, 2.05) is 0 Å². The number of nitrogens with one attached hydrogen (secondary N) is 1. The van der Waals surface area contributed by atoms with E-state index < -0.39 is 76.5 Å². The molecule has 2 aliphatic rings. The number of halogens is 6. The quantitative estimate of drug-likeness (QED) is 0.148. The number of aromatic nitrogens is 3. The third-order valence-corrected chi connectivity index (χ3v) is 6.99. The van der Waals surface area contributed by atoms with Crippen LogP contribution < -0.4 is 5.32 Å². The zero-order valence-electron chi connectivity index (χ0n) is 21.2. The molecule has 1 aliphatic carbocycles. The number of hydrogen-bond donors (Lipinski definition) is 1. The number of hydrogen-bond acceptors (Lipinski definition) is 8. The fraction of sp³-hybridized carbons (Fsp3) is 0.423. The lowest BCUT2D eigenvalue weighted by Crippen LogP contribution is -2.45. The van der Waals surface area contributed by atoms with Gasteiger partial charge in [-0.25, -0.2) is 4.98 Å². The van der Waals surface area contributed by atoms with Gasteiger partial charge in [0.05, 0.1) is 11.5 Å². The third-order valence-electron chi connectivity index (χ3n) is 6.99. The van der Waals surface area contributed by atoms with Crippen LogP contribution in [0.25, 0.3) is 11.6 Å². The summed E-state index contributed by atoms with van der Waals surface area (Å²) in [6.45, 7) is -0.498. The molecule has 3 aromatic rings. The maximum atomic E-state index is 14.8. The first-order chi connectivity index (χ1) is 19.4. The average molecular weight is 583 g/mol. The van der Waals surface area contributed by atoms with Gasteiger partial charge >= 0.3 is 18.0 Å². The number of anilines is 1. The number of allylic oxidation sites excluding steroid dienone is 1. The van der Waals surface area contributed by atoms with Crippen molar-refractivity contribution in [1.82, 2.24) is 15.2 Å². The van der Waals surface area contributed by atoms with Crippen LogP contribution in [0.15, 0.2) is 53.0 Å². The number of alkyl halides is 6. The Morgan fingerprint density at radius 3 is 2.44 bits per heavy atom. The fourth-order valence-electron chi connectivity index (χ4n) is 4.66. The van der Waals surface area contributed by atoms with E-state index in [0.717, 1.165) is 12.8 Å². The third kappa shape index (κ3) is 5.89. The monoisotopic (exact) mass is 583 g/mol. The molecule has 218 valence electrons. The molecule has 4 bridgehead atoms. The second-order valence-corrected chi connectivity index (χ2v) is 9.86. The number of nitrogens with zero attached hydrogens (tertiary/aromatic N) is 4. The number of benzene rings is 1. The maximum absolute atomic E-state index is 14.8. The highest BCUT2D eigenvalue weighted by atomic mass is 19.4. The molecular weight excluding hydrogens is 560 g/mol. The molecule has 41 heavy (non-hydrogen) atoms. The molecule has 1 aromatic carbocycles. The van der Waals surface area contributed by atoms with Crippen molar-refractivity contribution in [2.45, 2.75) is 62.7 Å². The molecule has 15 heteroatoms. The van der Waals surface area contributed by atoms with E-state index >= 15 is 0 Å². The molecule has 2 aromatic heterocycles. The summed E-state index contributed by atoms with van der Waals surface area (Å²) in [4.78, 5) is 14.5. The van der Waals surface area contributed by atoms with Crippen molar-refractivity contribution in [2.24, 2.45) is 5.92 Å². The zero-order chi connectivity index (χ0) is 29.4. The van der Waals surface area contributed by atoms with Gasteiger partial charge in [0, 0.05) is 18.5 Å².